The van der Waals surface area contributed by atoms with Crippen LogP contribution in [-0.4, -0.2) is 26.7 Å². The number of halogens is 4. The van der Waals surface area contributed by atoms with Gasteiger partial charge in [-0.05, 0) is 67.3 Å². The molecule has 0 aromatic heterocycles. The van der Waals surface area contributed by atoms with Gasteiger partial charge in [0.05, 0.1) is 30.4 Å². The third-order valence-corrected chi connectivity index (χ3v) is 6.38. The van der Waals surface area contributed by atoms with Gasteiger partial charge in [0.25, 0.3) is 0 Å². The van der Waals surface area contributed by atoms with Crippen LogP contribution >= 0.6 is 11.6 Å². The maximum absolute atomic E-state index is 13.3. The van der Waals surface area contributed by atoms with Gasteiger partial charge in [-0.15, -0.1) is 0 Å². The van der Waals surface area contributed by atoms with Crippen LogP contribution in [0.15, 0.2) is 30.3 Å². The van der Waals surface area contributed by atoms with Crippen LogP contribution in [0.1, 0.15) is 53.1 Å². The molecule has 0 unspecified atom stereocenters. The smallest absolute Gasteiger partial charge is 0.416 e. The van der Waals surface area contributed by atoms with Crippen LogP contribution in [0, 0.1) is 5.92 Å². The minimum atomic E-state index is -4.58. The highest BCUT2D eigenvalue weighted by atomic mass is 35.5. The lowest BCUT2D eigenvalue weighted by molar-refractivity contribution is -0.137. The lowest BCUT2D eigenvalue weighted by atomic mass is 9.78. The summed E-state index contributed by atoms with van der Waals surface area (Å²) in [6.45, 7) is 0.727. The van der Waals surface area contributed by atoms with Gasteiger partial charge < -0.3 is 20.5 Å². The van der Waals surface area contributed by atoms with Crippen molar-refractivity contribution < 1.29 is 27.4 Å². The highest BCUT2D eigenvalue weighted by molar-refractivity contribution is 6.34. The van der Waals surface area contributed by atoms with Crippen LogP contribution < -0.4 is 20.5 Å². The van der Waals surface area contributed by atoms with E-state index in [1.807, 2.05) is 18.2 Å². The van der Waals surface area contributed by atoms with E-state index in [2.05, 4.69) is 5.32 Å². The van der Waals surface area contributed by atoms with Crippen molar-refractivity contribution in [3.8, 4) is 11.5 Å². The van der Waals surface area contributed by atoms with Crippen LogP contribution in [0.3, 0.4) is 0 Å². The summed E-state index contributed by atoms with van der Waals surface area (Å²) in [6.07, 6.45) is -1.58. The number of ether oxygens (including phenoxy) is 2. The Morgan fingerprint density at radius 2 is 1.75 bits per heavy atom. The number of benzene rings is 2. The van der Waals surface area contributed by atoms with Crippen molar-refractivity contribution in [2.45, 2.75) is 37.8 Å². The maximum Gasteiger partial charge on any atom is 0.416 e. The molecule has 1 aliphatic carbocycles. The molecular formula is C23H26ClF3N2O3. The molecule has 1 saturated carbocycles. The first kappa shape index (κ1) is 24.0. The van der Waals surface area contributed by atoms with E-state index in [9.17, 15) is 18.0 Å². The number of nitrogens with one attached hydrogen (secondary N) is 1. The summed E-state index contributed by atoms with van der Waals surface area (Å²) in [4.78, 5) is 11.6. The van der Waals surface area contributed by atoms with E-state index in [1.165, 1.54) is 0 Å². The highest BCUT2D eigenvalue weighted by Gasteiger charge is 2.34. The fourth-order valence-corrected chi connectivity index (χ4v) is 4.53. The zero-order chi connectivity index (χ0) is 23.5. The molecule has 0 heterocycles. The van der Waals surface area contributed by atoms with E-state index >= 15 is 0 Å². The molecule has 0 aliphatic heterocycles. The Hall–Kier alpha value is -2.61. The predicted octanol–water partition coefficient (Wildman–Crippen LogP) is 5.86. The number of hydrogen-bond donors (Lipinski definition) is 2. The number of nitrogens with two attached hydrogens (primary N) is 1. The Balaban J connectivity index is 1.67. The van der Waals surface area contributed by atoms with Gasteiger partial charge >= 0.3 is 6.18 Å². The summed E-state index contributed by atoms with van der Waals surface area (Å²) < 4.78 is 50.5. The van der Waals surface area contributed by atoms with Crippen LogP contribution in [0.25, 0.3) is 0 Å². The maximum atomic E-state index is 13.3. The van der Waals surface area contributed by atoms with Crippen LogP contribution in [-0.2, 0) is 6.18 Å². The minimum Gasteiger partial charge on any atom is -0.493 e. The van der Waals surface area contributed by atoms with E-state index in [1.54, 1.807) is 14.2 Å². The van der Waals surface area contributed by atoms with Crippen molar-refractivity contribution in [1.82, 2.24) is 0 Å². The predicted molar refractivity (Wildman–Crippen MR) is 118 cm³/mol. The molecule has 1 fully saturated rings. The second kappa shape index (κ2) is 9.90. The summed E-state index contributed by atoms with van der Waals surface area (Å²) >= 11 is 6.29. The first-order chi connectivity index (χ1) is 15.1. The Morgan fingerprint density at radius 1 is 1.09 bits per heavy atom. The molecular weight excluding hydrogens is 445 g/mol. The van der Waals surface area contributed by atoms with Gasteiger partial charge in [-0.3, -0.25) is 4.79 Å². The minimum absolute atomic E-state index is 0.0254. The summed E-state index contributed by atoms with van der Waals surface area (Å²) in [7, 11) is 3.15. The van der Waals surface area contributed by atoms with E-state index in [-0.39, 0.29) is 16.5 Å². The normalized spacial score (nSPS) is 18.8. The molecule has 0 spiro atoms. The van der Waals surface area contributed by atoms with E-state index < -0.39 is 17.6 Å². The first-order valence-corrected chi connectivity index (χ1v) is 10.7. The summed E-state index contributed by atoms with van der Waals surface area (Å²) in [5.74, 6) is 0.521. The lowest BCUT2D eigenvalue weighted by Gasteiger charge is -2.30. The van der Waals surface area contributed by atoms with Crippen molar-refractivity contribution in [2.75, 3.05) is 26.1 Å². The Labute approximate surface area is 190 Å². The molecule has 3 rings (SSSR count). The quantitative estimate of drug-likeness (QED) is 0.531. The third kappa shape index (κ3) is 5.41. The van der Waals surface area contributed by atoms with Crippen LogP contribution in [0.4, 0.5) is 18.9 Å². The molecule has 0 bridgehead atoms. The molecule has 2 aromatic carbocycles. The molecule has 0 radical (unpaired) electrons. The fourth-order valence-electron chi connectivity index (χ4n) is 4.17. The first-order valence-electron chi connectivity index (χ1n) is 10.3. The Morgan fingerprint density at radius 3 is 2.31 bits per heavy atom. The van der Waals surface area contributed by atoms with Gasteiger partial charge in [0.2, 0.25) is 5.91 Å². The monoisotopic (exact) mass is 470 g/mol. The molecule has 32 heavy (non-hydrogen) atoms. The molecule has 5 nitrogen and oxygen atoms in total. The topological polar surface area (TPSA) is 73.6 Å². The van der Waals surface area contributed by atoms with E-state index in [0.717, 1.165) is 37.2 Å². The van der Waals surface area contributed by atoms with Gasteiger partial charge in [0.1, 0.15) is 0 Å². The standard InChI is InChI=1S/C23H26ClF3N2O3/c1-31-19-8-7-16(11-20(19)32-2)29-12-13-3-5-14(6-4-13)17-9-15(23(25,26)27)10-18(21(17)24)22(28)30/h7-11,13-14,29H,3-6,12H2,1-2H3,(H2,28,30). The Bertz CT molecular complexity index is 974. The number of rotatable bonds is 7. The van der Waals surface area contributed by atoms with Gasteiger partial charge in [0.15, 0.2) is 11.5 Å². The summed E-state index contributed by atoms with van der Waals surface area (Å²) in [5.41, 5.74) is 5.33. The lowest BCUT2D eigenvalue weighted by Crippen LogP contribution is -2.22. The fraction of sp³-hybridized carbons (Fsp3) is 0.435. The van der Waals surface area contributed by atoms with Gasteiger partial charge in [-0.1, -0.05) is 11.6 Å². The Kier molecular flexibility index (Phi) is 7.44. The number of primary amides is 1. The van der Waals surface area contributed by atoms with E-state index in [4.69, 9.17) is 26.8 Å². The average Bonchev–Trinajstić information content (AvgIpc) is 2.77. The van der Waals surface area contributed by atoms with Crippen LogP contribution in [0.5, 0.6) is 11.5 Å². The van der Waals surface area contributed by atoms with Gasteiger partial charge in [-0.25, -0.2) is 0 Å². The van der Waals surface area contributed by atoms with Crippen molar-refractivity contribution >= 4 is 23.2 Å². The van der Waals surface area contributed by atoms with Crippen molar-refractivity contribution in [1.29, 1.82) is 0 Å². The largest absolute Gasteiger partial charge is 0.493 e. The molecule has 1 amide bonds. The molecule has 0 saturated heterocycles. The second-order valence-corrected chi connectivity index (χ2v) is 8.34. The zero-order valence-corrected chi connectivity index (χ0v) is 18.6. The van der Waals surface area contributed by atoms with Crippen LogP contribution in [0.2, 0.25) is 5.02 Å². The number of amides is 1. The van der Waals surface area contributed by atoms with Crippen molar-refractivity contribution in [3.63, 3.8) is 0 Å². The zero-order valence-electron chi connectivity index (χ0n) is 17.9. The molecule has 3 N–H and O–H groups in total. The number of carbonyl (C=O) groups is 1. The summed E-state index contributed by atoms with van der Waals surface area (Å²) in [6, 6.07) is 7.37. The summed E-state index contributed by atoms with van der Waals surface area (Å²) in [5, 5.41) is 3.41. The van der Waals surface area contributed by atoms with Crippen molar-refractivity contribution in [2.24, 2.45) is 11.7 Å². The second-order valence-electron chi connectivity index (χ2n) is 7.96. The SMILES string of the molecule is COc1ccc(NCC2CCC(c3cc(C(F)(F)F)cc(C(N)=O)c3Cl)CC2)cc1OC. The van der Waals surface area contributed by atoms with Gasteiger partial charge in [0, 0.05) is 18.3 Å². The number of anilines is 1. The molecule has 9 heteroatoms. The van der Waals surface area contributed by atoms with Gasteiger partial charge in [-0.2, -0.15) is 13.2 Å². The number of carbonyl (C=O) groups excluding carboxylic acids is 1. The van der Waals surface area contributed by atoms with Crippen molar-refractivity contribution in [3.05, 3.63) is 52.0 Å². The molecule has 1 aliphatic rings. The number of alkyl halides is 3. The highest BCUT2D eigenvalue weighted by Crippen LogP contribution is 2.42. The third-order valence-electron chi connectivity index (χ3n) is 5.96. The number of methoxy groups -OCH3 is 2. The molecule has 174 valence electrons. The molecule has 2 aromatic rings. The number of hydrogen-bond acceptors (Lipinski definition) is 4. The molecule has 0 atom stereocenters. The van der Waals surface area contributed by atoms with E-state index in [0.29, 0.717) is 35.8 Å². The average molecular weight is 471 g/mol.